The zero-order valence-electron chi connectivity index (χ0n) is 12.5. The van der Waals surface area contributed by atoms with Crippen LogP contribution in [0, 0.1) is 0 Å². The molecule has 4 nitrogen and oxygen atoms in total. The van der Waals surface area contributed by atoms with Gasteiger partial charge in [-0.2, -0.15) is 0 Å². The van der Waals surface area contributed by atoms with Gasteiger partial charge in [-0.1, -0.05) is 13.8 Å². The van der Waals surface area contributed by atoms with Crippen molar-refractivity contribution in [1.29, 1.82) is 0 Å². The molecule has 2 rings (SSSR count). The highest BCUT2D eigenvalue weighted by atomic mass is 16.3. The van der Waals surface area contributed by atoms with E-state index in [0.29, 0.717) is 0 Å². The smallest absolute Gasteiger partial charge is 0.118 e. The van der Waals surface area contributed by atoms with Crippen LogP contribution in [0.5, 0.6) is 0 Å². The number of hydrogen-bond acceptors (Lipinski definition) is 4. The van der Waals surface area contributed by atoms with E-state index in [0.717, 1.165) is 38.0 Å². The Morgan fingerprint density at radius 2 is 2.21 bits per heavy atom. The Bertz CT molecular complexity index is 373. The Morgan fingerprint density at radius 1 is 1.42 bits per heavy atom. The number of nitrogens with one attached hydrogen (secondary N) is 1. The number of nitrogens with zero attached hydrogens (tertiary/aromatic N) is 2. The van der Waals surface area contributed by atoms with Crippen LogP contribution in [0.2, 0.25) is 0 Å². The number of hydrogen-bond donors (Lipinski definition) is 1. The lowest BCUT2D eigenvalue weighted by molar-refractivity contribution is 0.205. The lowest BCUT2D eigenvalue weighted by Gasteiger charge is -2.26. The molecular formula is C15H27N3O. The summed E-state index contributed by atoms with van der Waals surface area (Å²) in [6.07, 6.45) is 3.15. The second kappa shape index (κ2) is 7.08. The number of rotatable bonds is 7. The minimum absolute atomic E-state index is 0.724. The summed E-state index contributed by atoms with van der Waals surface area (Å²) in [6.45, 7) is 11.0. The Hall–Kier alpha value is -0.840. The quantitative estimate of drug-likeness (QED) is 0.816. The second-order valence-corrected chi connectivity index (χ2v) is 5.35. The molecule has 1 aromatic rings. The minimum atomic E-state index is 0.724. The van der Waals surface area contributed by atoms with Crippen molar-refractivity contribution in [3.63, 3.8) is 0 Å². The maximum atomic E-state index is 5.63. The van der Waals surface area contributed by atoms with Gasteiger partial charge in [-0.25, -0.2) is 0 Å². The molecule has 0 radical (unpaired) electrons. The van der Waals surface area contributed by atoms with E-state index in [1.165, 1.54) is 25.1 Å². The lowest BCUT2D eigenvalue weighted by atomic mass is 10.2. The monoisotopic (exact) mass is 265 g/mol. The average molecular weight is 265 g/mol. The fraction of sp³-hybridized carbons (Fsp3) is 0.733. The van der Waals surface area contributed by atoms with Crippen LogP contribution in [0.3, 0.4) is 0 Å². The van der Waals surface area contributed by atoms with Crippen molar-refractivity contribution in [2.45, 2.75) is 39.4 Å². The van der Waals surface area contributed by atoms with Crippen molar-refractivity contribution in [2.24, 2.45) is 0 Å². The Kier molecular flexibility index (Phi) is 5.43. The summed E-state index contributed by atoms with van der Waals surface area (Å²) in [7, 11) is 1.96. The Balaban J connectivity index is 1.83. The molecule has 1 aromatic heterocycles. The van der Waals surface area contributed by atoms with Gasteiger partial charge in [0, 0.05) is 31.2 Å². The zero-order valence-corrected chi connectivity index (χ0v) is 12.5. The number of likely N-dealkylation sites (tertiary alicyclic amines) is 1. The van der Waals surface area contributed by atoms with E-state index in [1.54, 1.807) is 0 Å². The molecule has 1 N–H and O–H groups in total. The van der Waals surface area contributed by atoms with Crippen molar-refractivity contribution in [2.75, 3.05) is 33.2 Å². The van der Waals surface area contributed by atoms with E-state index in [-0.39, 0.29) is 0 Å². The van der Waals surface area contributed by atoms with Gasteiger partial charge in [0.25, 0.3) is 0 Å². The van der Waals surface area contributed by atoms with Crippen molar-refractivity contribution in [1.82, 2.24) is 15.1 Å². The van der Waals surface area contributed by atoms with Crippen LogP contribution >= 0.6 is 0 Å². The van der Waals surface area contributed by atoms with Crippen molar-refractivity contribution < 1.29 is 4.42 Å². The molecule has 1 atom stereocenters. The third-order valence-electron chi connectivity index (χ3n) is 4.04. The molecule has 108 valence electrons. The molecule has 0 amide bonds. The summed E-state index contributed by atoms with van der Waals surface area (Å²) < 4.78 is 5.63. The van der Waals surface area contributed by atoms with E-state index in [2.05, 4.69) is 35.0 Å². The molecule has 0 spiro atoms. The molecule has 1 unspecified atom stereocenters. The van der Waals surface area contributed by atoms with Gasteiger partial charge in [0.05, 0.1) is 12.8 Å². The maximum Gasteiger partial charge on any atom is 0.118 e. The van der Waals surface area contributed by atoms with Gasteiger partial charge in [0.1, 0.15) is 5.76 Å². The summed E-state index contributed by atoms with van der Waals surface area (Å²) in [5, 5.41) is 3.15. The Morgan fingerprint density at radius 3 is 2.89 bits per heavy atom. The minimum Gasteiger partial charge on any atom is -0.468 e. The molecule has 19 heavy (non-hydrogen) atoms. The molecule has 0 saturated carbocycles. The lowest BCUT2D eigenvalue weighted by Crippen LogP contribution is -2.37. The van der Waals surface area contributed by atoms with Crippen LogP contribution in [0.4, 0.5) is 0 Å². The predicted octanol–water partition coefficient (Wildman–Crippen LogP) is 1.92. The van der Waals surface area contributed by atoms with Crippen molar-refractivity contribution in [3.8, 4) is 0 Å². The molecule has 1 aliphatic rings. The molecule has 1 saturated heterocycles. The van der Waals surface area contributed by atoms with E-state index in [1.807, 2.05) is 13.3 Å². The van der Waals surface area contributed by atoms with Gasteiger partial charge in [0.15, 0.2) is 0 Å². The summed E-state index contributed by atoms with van der Waals surface area (Å²) in [5.41, 5.74) is 1.23. The summed E-state index contributed by atoms with van der Waals surface area (Å²) in [6, 6.07) is 2.89. The fourth-order valence-corrected chi connectivity index (χ4v) is 3.02. The standard InChI is InChI=1S/C15H27N3O/c1-4-18(5-2)14-6-7-17(10-14)11-15-8-13(9-16-3)12-19-15/h8,12,14,16H,4-7,9-11H2,1-3H3. The summed E-state index contributed by atoms with van der Waals surface area (Å²) in [5.74, 6) is 1.09. The third-order valence-corrected chi connectivity index (χ3v) is 4.04. The predicted molar refractivity (Wildman–Crippen MR) is 78.1 cm³/mol. The topological polar surface area (TPSA) is 31.6 Å². The van der Waals surface area contributed by atoms with Crippen LogP contribution in [-0.4, -0.2) is 49.1 Å². The van der Waals surface area contributed by atoms with Gasteiger partial charge >= 0.3 is 0 Å². The first-order chi connectivity index (χ1) is 9.26. The molecule has 0 aromatic carbocycles. The average Bonchev–Trinajstić information content (AvgIpc) is 3.02. The van der Waals surface area contributed by atoms with Crippen LogP contribution in [0.15, 0.2) is 16.7 Å². The largest absolute Gasteiger partial charge is 0.468 e. The third kappa shape index (κ3) is 3.81. The van der Waals surface area contributed by atoms with Gasteiger partial charge in [0.2, 0.25) is 0 Å². The maximum absolute atomic E-state index is 5.63. The van der Waals surface area contributed by atoms with Crippen molar-refractivity contribution >= 4 is 0 Å². The highest BCUT2D eigenvalue weighted by molar-refractivity contribution is 5.12. The first-order valence-electron chi connectivity index (χ1n) is 7.44. The highest BCUT2D eigenvalue weighted by Crippen LogP contribution is 2.19. The first-order valence-corrected chi connectivity index (χ1v) is 7.44. The van der Waals surface area contributed by atoms with Gasteiger partial charge in [-0.05, 0) is 32.6 Å². The van der Waals surface area contributed by atoms with E-state index in [4.69, 9.17) is 4.42 Å². The van der Waals surface area contributed by atoms with Crippen LogP contribution in [0.25, 0.3) is 0 Å². The van der Waals surface area contributed by atoms with Crippen LogP contribution in [-0.2, 0) is 13.1 Å². The van der Waals surface area contributed by atoms with Crippen LogP contribution in [0.1, 0.15) is 31.6 Å². The second-order valence-electron chi connectivity index (χ2n) is 5.35. The molecule has 0 aliphatic carbocycles. The fourth-order valence-electron chi connectivity index (χ4n) is 3.02. The molecule has 1 aliphatic heterocycles. The molecule has 2 heterocycles. The number of likely N-dealkylation sites (N-methyl/N-ethyl adjacent to an activating group) is 1. The first kappa shape index (κ1) is 14.6. The number of furan rings is 1. The Labute approximate surface area is 116 Å². The van der Waals surface area contributed by atoms with E-state index < -0.39 is 0 Å². The van der Waals surface area contributed by atoms with E-state index in [9.17, 15) is 0 Å². The molecular weight excluding hydrogens is 238 g/mol. The van der Waals surface area contributed by atoms with E-state index >= 15 is 0 Å². The SMILES string of the molecule is CCN(CC)C1CCN(Cc2cc(CNC)co2)C1. The highest BCUT2D eigenvalue weighted by Gasteiger charge is 2.26. The van der Waals surface area contributed by atoms with Gasteiger partial charge < -0.3 is 9.73 Å². The zero-order chi connectivity index (χ0) is 13.7. The molecule has 1 fully saturated rings. The molecule has 4 heteroatoms. The normalized spacial score (nSPS) is 20.5. The van der Waals surface area contributed by atoms with Crippen LogP contribution < -0.4 is 5.32 Å². The van der Waals surface area contributed by atoms with Crippen molar-refractivity contribution in [3.05, 3.63) is 23.7 Å². The molecule has 0 bridgehead atoms. The summed E-state index contributed by atoms with van der Waals surface area (Å²) in [4.78, 5) is 5.07. The summed E-state index contributed by atoms with van der Waals surface area (Å²) >= 11 is 0. The van der Waals surface area contributed by atoms with Gasteiger partial charge in [-0.15, -0.1) is 0 Å². The van der Waals surface area contributed by atoms with Gasteiger partial charge in [-0.3, -0.25) is 9.80 Å².